The first-order valence-electron chi connectivity index (χ1n) is 5.53. The SMILES string of the molecule is Fc1cccc(-n2cnnc2-c2cccc(Br)n2)c1. The monoisotopic (exact) mass is 318 g/mol. The molecule has 0 aliphatic carbocycles. The van der Waals surface area contributed by atoms with E-state index in [1.165, 1.54) is 18.5 Å². The Balaban J connectivity index is 2.13. The zero-order valence-corrected chi connectivity index (χ0v) is 11.2. The van der Waals surface area contributed by atoms with E-state index in [-0.39, 0.29) is 5.82 Å². The van der Waals surface area contributed by atoms with Crippen LogP contribution in [0.2, 0.25) is 0 Å². The fourth-order valence-corrected chi connectivity index (χ4v) is 2.10. The van der Waals surface area contributed by atoms with Crippen LogP contribution in [0.25, 0.3) is 17.2 Å². The predicted octanol–water partition coefficient (Wildman–Crippen LogP) is 3.23. The third-order valence-electron chi connectivity index (χ3n) is 2.58. The molecule has 0 atom stereocenters. The maximum atomic E-state index is 13.3. The molecule has 3 rings (SSSR count). The molecule has 0 aliphatic rings. The van der Waals surface area contributed by atoms with E-state index in [1.54, 1.807) is 16.7 Å². The smallest absolute Gasteiger partial charge is 0.187 e. The molecule has 0 spiro atoms. The highest BCUT2D eigenvalue weighted by atomic mass is 79.9. The Morgan fingerprint density at radius 1 is 1.11 bits per heavy atom. The minimum Gasteiger partial charge on any atom is -0.280 e. The molecule has 0 amide bonds. The number of hydrogen-bond donors (Lipinski definition) is 0. The Labute approximate surface area is 117 Å². The Morgan fingerprint density at radius 3 is 2.74 bits per heavy atom. The maximum absolute atomic E-state index is 13.3. The van der Waals surface area contributed by atoms with E-state index in [0.717, 1.165) is 0 Å². The molecule has 6 heteroatoms. The highest BCUT2D eigenvalue weighted by molar-refractivity contribution is 9.10. The van der Waals surface area contributed by atoms with Gasteiger partial charge in [-0.2, -0.15) is 0 Å². The summed E-state index contributed by atoms with van der Waals surface area (Å²) in [5.41, 5.74) is 1.32. The summed E-state index contributed by atoms with van der Waals surface area (Å²) in [5, 5.41) is 7.91. The van der Waals surface area contributed by atoms with Crippen LogP contribution in [-0.2, 0) is 0 Å². The Kier molecular flexibility index (Phi) is 3.08. The molecule has 0 bridgehead atoms. The van der Waals surface area contributed by atoms with E-state index in [4.69, 9.17) is 0 Å². The molecular formula is C13H8BrFN4. The molecule has 0 saturated heterocycles. The van der Waals surface area contributed by atoms with Gasteiger partial charge >= 0.3 is 0 Å². The van der Waals surface area contributed by atoms with Gasteiger partial charge in [-0.15, -0.1) is 10.2 Å². The van der Waals surface area contributed by atoms with Gasteiger partial charge in [0.25, 0.3) is 0 Å². The van der Waals surface area contributed by atoms with Crippen molar-refractivity contribution in [1.29, 1.82) is 0 Å². The third-order valence-corrected chi connectivity index (χ3v) is 3.02. The van der Waals surface area contributed by atoms with Crippen LogP contribution in [0.15, 0.2) is 53.4 Å². The number of aromatic nitrogens is 4. The van der Waals surface area contributed by atoms with Gasteiger partial charge < -0.3 is 0 Å². The molecule has 3 aromatic rings. The second-order valence-corrected chi connectivity index (χ2v) is 4.66. The van der Waals surface area contributed by atoms with Gasteiger partial charge in [0.05, 0.1) is 5.69 Å². The van der Waals surface area contributed by atoms with Crippen molar-refractivity contribution < 1.29 is 4.39 Å². The van der Waals surface area contributed by atoms with Gasteiger partial charge in [-0.05, 0) is 46.3 Å². The first-order chi connectivity index (χ1) is 9.24. The van der Waals surface area contributed by atoms with E-state index in [2.05, 4.69) is 31.1 Å². The van der Waals surface area contributed by atoms with Crippen LogP contribution in [0.3, 0.4) is 0 Å². The van der Waals surface area contributed by atoms with Crippen molar-refractivity contribution in [2.24, 2.45) is 0 Å². The molecule has 0 radical (unpaired) electrons. The highest BCUT2D eigenvalue weighted by Gasteiger charge is 2.10. The van der Waals surface area contributed by atoms with E-state index in [0.29, 0.717) is 21.8 Å². The topological polar surface area (TPSA) is 43.6 Å². The zero-order valence-electron chi connectivity index (χ0n) is 9.66. The molecule has 0 N–H and O–H groups in total. The van der Waals surface area contributed by atoms with Gasteiger partial charge in [-0.3, -0.25) is 4.57 Å². The highest BCUT2D eigenvalue weighted by Crippen LogP contribution is 2.20. The average Bonchev–Trinajstić information content (AvgIpc) is 2.88. The summed E-state index contributed by atoms with van der Waals surface area (Å²) in [6, 6.07) is 11.8. The number of benzene rings is 1. The predicted molar refractivity (Wildman–Crippen MR) is 72.2 cm³/mol. The summed E-state index contributed by atoms with van der Waals surface area (Å²) in [6.07, 6.45) is 1.53. The number of hydrogen-bond acceptors (Lipinski definition) is 3. The second kappa shape index (κ2) is 4.89. The zero-order chi connectivity index (χ0) is 13.2. The molecule has 0 fully saturated rings. The first-order valence-corrected chi connectivity index (χ1v) is 6.32. The van der Waals surface area contributed by atoms with E-state index in [9.17, 15) is 4.39 Å². The lowest BCUT2D eigenvalue weighted by molar-refractivity contribution is 0.626. The van der Waals surface area contributed by atoms with Gasteiger partial charge in [0, 0.05) is 0 Å². The molecular weight excluding hydrogens is 311 g/mol. The van der Waals surface area contributed by atoms with Crippen LogP contribution in [0.5, 0.6) is 0 Å². The summed E-state index contributed by atoms with van der Waals surface area (Å²) in [7, 11) is 0. The normalized spacial score (nSPS) is 10.6. The summed E-state index contributed by atoms with van der Waals surface area (Å²) in [6.45, 7) is 0. The molecule has 0 aliphatic heterocycles. The average molecular weight is 319 g/mol. The van der Waals surface area contributed by atoms with Gasteiger partial charge in [0.2, 0.25) is 0 Å². The van der Waals surface area contributed by atoms with Crippen LogP contribution in [0.4, 0.5) is 4.39 Å². The standard InChI is InChI=1S/C13H8BrFN4/c14-12-6-2-5-11(17-12)13-18-16-8-19(13)10-4-1-3-9(15)7-10/h1-8H. The molecule has 4 nitrogen and oxygen atoms in total. The number of pyridine rings is 1. The Hall–Kier alpha value is -2.08. The molecule has 2 aromatic heterocycles. The number of rotatable bonds is 2. The molecule has 2 heterocycles. The van der Waals surface area contributed by atoms with E-state index >= 15 is 0 Å². The Bertz CT molecular complexity index is 666. The van der Waals surface area contributed by atoms with Crippen LogP contribution < -0.4 is 0 Å². The molecule has 19 heavy (non-hydrogen) atoms. The van der Waals surface area contributed by atoms with Gasteiger partial charge in [-0.25, -0.2) is 9.37 Å². The lowest BCUT2D eigenvalue weighted by atomic mass is 10.3. The van der Waals surface area contributed by atoms with Crippen LogP contribution in [0, 0.1) is 5.82 Å². The maximum Gasteiger partial charge on any atom is 0.187 e. The number of nitrogens with zero attached hydrogens (tertiary/aromatic N) is 4. The van der Waals surface area contributed by atoms with Crippen molar-refractivity contribution in [1.82, 2.24) is 19.7 Å². The lowest BCUT2D eigenvalue weighted by Gasteiger charge is -2.06. The van der Waals surface area contributed by atoms with Crippen molar-refractivity contribution in [3.05, 3.63) is 59.2 Å². The fraction of sp³-hybridized carbons (Fsp3) is 0. The van der Waals surface area contributed by atoms with E-state index in [1.807, 2.05) is 18.2 Å². The first kappa shape index (κ1) is 12.0. The Morgan fingerprint density at radius 2 is 1.95 bits per heavy atom. The van der Waals surface area contributed by atoms with Crippen LogP contribution >= 0.6 is 15.9 Å². The van der Waals surface area contributed by atoms with Crippen molar-refractivity contribution >= 4 is 15.9 Å². The molecule has 94 valence electrons. The third kappa shape index (κ3) is 2.39. The van der Waals surface area contributed by atoms with Crippen molar-refractivity contribution in [3.8, 4) is 17.2 Å². The minimum atomic E-state index is -0.306. The largest absolute Gasteiger partial charge is 0.280 e. The molecule has 0 unspecified atom stereocenters. The van der Waals surface area contributed by atoms with Crippen LogP contribution in [-0.4, -0.2) is 19.7 Å². The van der Waals surface area contributed by atoms with Crippen molar-refractivity contribution in [2.75, 3.05) is 0 Å². The summed E-state index contributed by atoms with van der Waals surface area (Å²) in [4.78, 5) is 4.32. The summed E-state index contributed by atoms with van der Waals surface area (Å²) in [5.74, 6) is 0.256. The lowest BCUT2D eigenvalue weighted by Crippen LogP contribution is -1.98. The summed E-state index contributed by atoms with van der Waals surface area (Å²) < 4.78 is 15.7. The van der Waals surface area contributed by atoms with Crippen molar-refractivity contribution in [3.63, 3.8) is 0 Å². The molecule has 1 aromatic carbocycles. The van der Waals surface area contributed by atoms with E-state index < -0.39 is 0 Å². The van der Waals surface area contributed by atoms with Gasteiger partial charge in [-0.1, -0.05) is 12.1 Å². The second-order valence-electron chi connectivity index (χ2n) is 3.85. The molecule has 0 saturated carbocycles. The van der Waals surface area contributed by atoms with Crippen molar-refractivity contribution in [2.45, 2.75) is 0 Å². The fourth-order valence-electron chi connectivity index (χ4n) is 1.76. The number of halogens is 2. The van der Waals surface area contributed by atoms with Gasteiger partial charge in [0.15, 0.2) is 5.82 Å². The van der Waals surface area contributed by atoms with Gasteiger partial charge in [0.1, 0.15) is 22.4 Å². The van der Waals surface area contributed by atoms with Crippen LogP contribution in [0.1, 0.15) is 0 Å². The summed E-state index contributed by atoms with van der Waals surface area (Å²) >= 11 is 3.31. The quantitative estimate of drug-likeness (QED) is 0.681. The minimum absolute atomic E-state index is 0.306.